The number of aliphatic carboxylic acids is 1. The molecule has 0 amide bonds. The summed E-state index contributed by atoms with van der Waals surface area (Å²) in [6.07, 6.45) is 0. The maximum Gasteiger partial charge on any atom is 0.321 e. The highest BCUT2D eigenvalue weighted by atomic mass is 32.2. The number of carboxylic acid groups (broad SMARTS) is 1. The molecule has 1 unspecified atom stereocenters. The van der Waals surface area contributed by atoms with E-state index in [0.29, 0.717) is 0 Å². The lowest BCUT2D eigenvalue weighted by Crippen LogP contribution is -2.47. The van der Waals surface area contributed by atoms with Crippen LogP contribution in [0.5, 0.6) is 0 Å². The zero-order chi connectivity index (χ0) is 11.7. The van der Waals surface area contributed by atoms with Gasteiger partial charge in [0.25, 0.3) is 0 Å². The molecule has 0 aromatic carbocycles. The molecule has 0 saturated heterocycles. The van der Waals surface area contributed by atoms with Crippen LogP contribution in [0.15, 0.2) is 0 Å². The maximum absolute atomic E-state index is 11.8. The molecule has 1 N–H and O–H groups in total. The van der Waals surface area contributed by atoms with Crippen LogP contribution in [0.3, 0.4) is 0 Å². The second-order valence-corrected chi connectivity index (χ2v) is 6.90. The largest absolute Gasteiger partial charge is 0.480 e. The summed E-state index contributed by atoms with van der Waals surface area (Å²) in [6, 6.07) is -1.04. The Bertz CT molecular complexity index is 315. The number of hydrogen-bond acceptors (Lipinski definition) is 3. The molecule has 0 radical (unpaired) electrons. The van der Waals surface area contributed by atoms with Crippen LogP contribution in [0.4, 0.5) is 0 Å². The minimum atomic E-state index is -3.57. The third kappa shape index (κ3) is 2.45. The molecular weight excluding hydrogens is 206 g/mol. The predicted octanol–water partition coefficient (Wildman–Crippen LogP) is 0.520. The van der Waals surface area contributed by atoms with Crippen molar-refractivity contribution < 1.29 is 18.3 Å². The molecule has 0 saturated carbocycles. The van der Waals surface area contributed by atoms with Gasteiger partial charge >= 0.3 is 5.97 Å². The van der Waals surface area contributed by atoms with Crippen molar-refractivity contribution in [1.82, 2.24) is 4.31 Å². The van der Waals surface area contributed by atoms with E-state index in [0.717, 1.165) is 4.31 Å². The summed E-state index contributed by atoms with van der Waals surface area (Å²) in [5, 5.41) is 8.68. The molecule has 0 spiro atoms. The fraction of sp³-hybridized carbons (Fsp3) is 0.875. The molecule has 0 heterocycles. The Balaban J connectivity index is 5.06. The molecule has 0 rings (SSSR count). The van der Waals surface area contributed by atoms with E-state index >= 15 is 0 Å². The van der Waals surface area contributed by atoms with Crippen molar-refractivity contribution in [2.75, 3.05) is 7.05 Å². The Labute approximate surface area is 84.8 Å². The van der Waals surface area contributed by atoms with Gasteiger partial charge in [0.15, 0.2) is 0 Å². The normalized spacial score (nSPS) is 15.6. The van der Waals surface area contributed by atoms with E-state index in [9.17, 15) is 13.2 Å². The van der Waals surface area contributed by atoms with Crippen molar-refractivity contribution >= 4 is 16.0 Å². The molecule has 0 aromatic rings. The van der Waals surface area contributed by atoms with E-state index in [2.05, 4.69) is 0 Å². The van der Waals surface area contributed by atoms with Crippen LogP contribution >= 0.6 is 0 Å². The van der Waals surface area contributed by atoms with Crippen molar-refractivity contribution in [3.05, 3.63) is 0 Å². The lowest BCUT2D eigenvalue weighted by molar-refractivity contribution is -0.140. The molecule has 0 aliphatic heterocycles. The molecule has 0 fully saturated rings. The van der Waals surface area contributed by atoms with Gasteiger partial charge in [-0.05, 0) is 27.7 Å². The van der Waals surface area contributed by atoms with Gasteiger partial charge in [0.1, 0.15) is 6.04 Å². The maximum atomic E-state index is 11.8. The standard InChI is InChI=1S/C8H17NO4S/c1-6(7(10)11)9(5)14(12,13)8(2,3)4/h6H,1-5H3,(H,10,11). The molecule has 0 bridgehead atoms. The number of carbonyl (C=O) groups is 1. The highest BCUT2D eigenvalue weighted by molar-refractivity contribution is 7.90. The SMILES string of the molecule is CC(C(=O)O)N(C)S(=O)(=O)C(C)(C)C. The highest BCUT2D eigenvalue weighted by Crippen LogP contribution is 2.20. The number of likely N-dealkylation sites (N-methyl/N-ethyl adjacent to an activating group) is 1. The number of hydrogen-bond donors (Lipinski definition) is 1. The van der Waals surface area contributed by atoms with Gasteiger partial charge in [-0.3, -0.25) is 4.79 Å². The first kappa shape index (κ1) is 13.4. The average Bonchev–Trinajstić information content (AvgIpc) is 1.99. The Morgan fingerprint density at radius 3 is 1.93 bits per heavy atom. The molecule has 84 valence electrons. The van der Waals surface area contributed by atoms with Gasteiger partial charge in [-0.25, -0.2) is 8.42 Å². The van der Waals surface area contributed by atoms with Gasteiger partial charge in [0.2, 0.25) is 10.0 Å². The van der Waals surface area contributed by atoms with E-state index < -0.39 is 26.8 Å². The second kappa shape index (κ2) is 3.86. The molecule has 1 atom stereocenters. The average molecular weight is 223 g/mol. The van der Waals surface area contributed by atoms with E-state index in [4.69, 9.17) is 5.11 Å². The number of rotatable bonds is 3. The van der Waals surface area contributed by atoms with Crippen LogP contribution in [0, 0.1) is 0 Å². The highest BCUT2D eigenvalue weighted by Gasteiger charge is 2.37. The summed E-state index contributed by atoms with van der Waals surface area (Å²) >= 11 is 0. The molecular formula is C8H17NO4S. The molecule has 0 aromatic heterocycles. The first-order valence-corrected chi connectivity index (χ1v) is 5.66. The second-order valence-electron chi connectivity index (χ2n) is 4.15. The third-order valence-electron chi connectivity index (χ3n) is 2.06. The van der Waals surface area contributed by atoms with Gasteiger partial charge in [-0.15, -0.1) is 0 Å². The predicted molar refractivity (Wildman–Crippen MR) is 53.5 cm³/mol. The van der Waals surface area contributed by atoms with Gasteiger partial charge in [-0.1, -0.05) is 0 Å². The zero-order valence-electron chi connectivity index (χ0n) is 9.10. The summed E-state index contributed by atoms with van der Waals surface area (Å²) in [7, 11) is -2.29. The fourth-order valence-corrected chi connectivity index (χ4v) is 2.17. The minimum Gasteiger partial charge on any atom is -0.480 e. The summed E-state index contributed by atoms with van der Waals surface area (Å²) in [6.45, 7) is 5.94. The number of sulfonamides is 1. The van der Waals surface area contributed by atoms with Crippen LogP contribution < -0.4 is 0 Å². The monoisotopic (exact) mass is 223 g/mol. The zero-order valence-corrected chi connectivity index (χ0v) is 9.92. The number of nitrogens with zero attached hydrogens (tertiary/aromatic N) is 1. The van der Waals surface area contributed by atoms with Crippen LogP contribution in [0.25, 0.3) is 0 Å². The van der Waals surface area contributed by atoms with Crippen LogP contribution in [0.2, 0.25) is 0 Å². The molecule has 0 aliphatic rings. The van der Waals surface area contributed by atoms with Crippen molar-refractivity contribution in [2.45, 2.75) is 38.5 Å². The lowest BCUT2D eigenvalue weighted by Gasteiger charge is -2.29. The van der Waals surface area contributed by atoms with Gasteiger partial charge in [0, 0.05) is 7.05 Å². The van der Waals surface area contributed by atoms with Crippen molar-refractivity contribution in [1.29, 1.82) is 0 Å². The smallest absolute Gasteiger partial charge is 0.321 e. The van der Waals surface area contributed by atoms with Crippen LogP contribution in [0.1, 0.15) is 27.7 Å². The van der Waals surface area contributed by atoms with Crippen molar-refractivity contribution in [2.24, 2.45) is 0 Å². The summed E-state index contributed by atoms with van der Waals surface area (Å²) < 4.78 is 23.4. The first-order valence-electron chi connectivity index (χ1n) is 4.22. The van der Waals surface area contributed by atoms with E-state index in [1.54, 1.807) is 0 Å². The van der Waals surface area contributed by atoms with Crippen molar-refractivity contribution in [3.63, 3.8) is 0 Å². The Hall–Kier alpha value is -0.620. The molecule has 5 nitrogen and oxygen atoms in total. The third-order valence-corrected chi connectivity index (χ3v) is 4.68. The quantitative estimate of drug-likeness (QED) is 0.757. The van der Waals surface area contributed by atoms with E-state index in [1.807, 2.05) is 0 Å². The molecule has 0 aliphatic carbocycles. The molecule has 6 heteroatoms. The summed E-state index contributed by atoms with van der Waals surface area (Å²) in [4.78, 5) is 10.6. The first-order chi connectivity index (χ1) is 6.01. The van der Waals surface area contributed by atoms with Gasteiger partial charge in [0.05, 0.1) is 4.75 Å². The minimum absolute atomic E-state index is 0.884. The Morgan fingerprint density at radius 1 is 1.36 bits per heavy atom. The van der Waals surface area contributed by atoms with Crippen molar-refractivity contribution in [3.8, 4) is 0 Å². The van der Waals surface area contributed by atoms with E-state index in [-0.39, 0.29) is 0 Å². The topological polar surface area (TPSA) is 74.7 Å². The van der Waals surface area contributed by atoms with Crippen LogP contribution in [-0.2, 0) is 14.8 Å². The Morgan fingerprint density at radius 2 is 1.71 bits per heavy atom. The fourth-order valence-electron chi connectivity index (χ4n) is 0.796. The summed E-state index contributed by atoms with van der Waals surface area (Å²) in [5.74, 6) is -1.15. The lowest BCUT2D eigenvalue weighted by atomic mass is 10.3. The van der Waals surface area contributed by atoms with Gasteiger partial charge in [-0.2, -0.15) is 4.31 Å². The van der Waals surface area contributed by atoms with Crippen LogP contribution in [-0.4, -0.2) is 41.6 Å². The van der Waals surface area contributed by atoms with Gasteiger partial charge < -0.3 is 5.11 Å². The number of carboxylic acids is 1. The summed E-state index contributed by atoms with van der Waals surface area (Å²) in [5.41, 5.74) is 0. The van der Waals surface area contributed by atoms with E-state index in [1.165, 1.54) is 34.7 Å². The molecule has 14 heavy (non-hydrogen) atoms. The Kier molecular flexibility index (Phi) is 3.69.